The van der Waals surface area contributed by atoms with Crippen LogP contribution in [0.2, 0.25) is 0 Å². The van der Waals surface area contributed by atoms with Gasteiger partial charge in [0.15, 0.2) is 13.2 Å². The molecule has 1 aromatic carbocycles. The van der Waals surface area contributed by atoms with Crippen LogP contribution in [0.25, 0.3) is 0 Å². The topological polar surface area (TPSA) is 64.6 Å². The van der Waals surface area contributed by atoms with Gasteiger partial charge in [0.2, 0.25) is 0 Å². The van der Waals surface area contributed by atoms with Crippen LogP contribution in [0, 0.1) is 0 Å². The lowest BCUT2D eigenvalue weighted by atomic mass is 9.95. The average Bonchev–Trinajstić information content (AvgIpc) is 2.53. The fourth-order valence-electron chi connectivity index (χ4n) is 2.38. The Bertz CT molecular complexity index is 497. The Labute approximate surface area is 138 Å². The van der Waals surface area contributed by atoms with E-state index in [1.165, 1.54) is 6.42 Å². The quantitative estimate of drug-likeness (QED) is 0.783. The van der Waals surface area contributed by atoms with Crippen molar-refractivity contribution in [2.75, 3.05) is 13.2 Å². The summed E-state index contributed by atoms with van der Waals surface area (Å²) in [5, 5.41) is 2.89. The normalized spacial score (nSPS) is 15.1. The maximum atomic E-state index is 11.7. The zero-order valence-electron chi connectivity index (χ0n) is 12.3. The van der Waals surface area contributed by atoms with E-state index in [-0.39, 0.29) is 25.2 Å². The van der Waals surface area contributed by atoms with Crippen molar-refractivity contribution in [2.45, 2.75) is 38.1 Å². The molecule has 0 spiro atoms. The maximum Gasteiger partial charge on any atom is 0.344 e. The number of esters is 1. The highest BCUT2D eigenvalue weighted by Crippen LogP contribution is 2.17. The van der Waals surface area contributed by atoms with Crippen LogP contribution >= 0.6 is 15.9 Å². The van der Waals surface area contributed by atoms with Gasteiger partial charge in [0.1, 0.15) is 5.75 Å². The number of ether oxygens (including phenoxy) is 2. The molecule has 0 radical (unpaired) electrons. The van der Waals surface area contributed by atoms with E-state index in [1.54, 1.807) is 12.1 Å². The molecule has 0 atom stereocenters. The Morgan fingerprint density at radius 3 is 2.45 bits per heavy atom. The summed E-state index contributed by atoms with van der Waals surface area (Å²) in [6.45, 7) is -0.461. The molecule has 0 heterocycles. The standard InChI is InChI=1S/C16H20BrNO4/c17-12-6-8-14(9-7-12)21-11-16(20)22-10-15(19)18-13-4-2-1-3-5-13/h6-9,13H,1-5,10-11H2,(H,18,19). The van der Waals surface area contributed by atoms with Crippen LogP contribution in [-0.2, 0) is 14.3 Å². The van der Waals surface area contributed by atoms with Crippen molar-refractivity contribution < 1.29 is 19.1 Å². The molecular formula is C16H20BrNO4. The van der Waals surface area contributed by atoms with Crippen LogP contribution < -0.4 is 10.1 Å². The average molecular weight is 370 g/mol. The Hall–Kier alpha value is -1.56. The van der Waals surface area contributed by atoms with Gasteiger partial charge in [-0.25, -0.2) is 4.79 Å². The van der Waals surface area contributed by atoms with E-state index in [4.69, 9.17) is 9.47 Å². The molecule has 1 aromatic rings. The second-order valence-electron chi connectivity index (χ2n) is 5.31. The molecule has 120 valence electrons. The largest absolute Gasteiger partial charge is 0.482 e. The summed E-state index contributed by atoms with van der Waals surface area (Å²) >= 11 is 3.32. The Morgan fingerprint density at radius 1 is 1.09 bits per heavy atom. The number of rotatable bonds is 6. The second-order valence-corrected chi connectivity index (χ2v) is 6.22. The predicted octanol–water partition coefficient (Wildman–Crippen LogP) is 2.82. The third-order valence-electron chi connectivity index (χ3n) is 3.50. The first kappa shape index (κ1) is 16.8. The second kappa shape index (κ2) is 8.78. The summed E-state index contributed by atoms with van der Waals surface area (Å²) in [6, 6.07) is 7.34. The molecule has 0 unspecified atom stereocenters. The van der Waals surface area contributed by atoms with Crippen LogP contribution in [0.15, 0.2) is 28.7 Å². The summed E-state index contributed by atoms with van der Waals surface area (Å²) in [7, 11) is 0. The number of nitrogens with one attached hydrogen (secondary N) is 1. The molecule has 0 aromatic heterocycles. The highest BCUT2D eigenvalue weighted by atomic mass is 79.9. The molecule has 1 saturated carbocycles. The molecule has 2 rings (SSSR count). The fourth-order valence-corrected chi connectivity index (χ4v) is 2.64. The first-order valence-corrected chi connectivity index (χ1v) is 8.26. The third-order valence-corrected chi connectivity index (χ3v) is 4.03. The Kier molecular flexibility index (Phi) is 6.71. The Balaban J connectivity index is 1.62. The zero-order valence-corrected chi connectivity index (χ0v) is 13.9. The Morgan fingerprint density at radius 2 is 1.77 bits per heavy atom. The summed E-state index contributed by atoms with van der Waals surface area (Å²) in [5.74, 6) is -0.225. The van der Waals surface area contributed by atoms with Crippen molar-refractivity contribution >= 4 is 27.8 Å². The molecule has 5 nitrogen and oxygen atoms in total. The van der Waals surface area contributed by atoms with Gasteiger partial charge in [-0.2, -0.15) is 0 Å². The van der Waals surface area contributed by atoms with Crippen molar-refractivity contribution in [1.29, 1.82) is 0 Å². The van der Waals surface area contributed by atoms with Crippen LogP contribution in [0.1, 0.15) is 32.1 Å². The van der Waals surface area contributed by atoms with E-state index in [1.807, 2.05) is 12.1 Å². The lowest BCUT2D eigenvalue weighted by Gasteiger charge is -2.22. The number of halogens is 1. The van der Waals surface area contributed by atoms with Crippen LogP contribution in [0.3, 0.4) is 0 Å². The molecule has 1 N–H and O–H groups in total. The van der Waals surface area contributed by atoms with E-state index < -0.39 is 5.97 Å². The number of hydrogen-bond donors (Lipinski definition) is 1. The lowest BCUT2D eigenvalue weighted by molar-refractivity contribution is -0.150. The van der Waals surface area contributed by atoms with Crippen molar-refractivity contribution in [3.63, 3.8) is 0 Å². The van der Waals surface area contributed by atoms with Gasteiger partial charge in [-0.1, -0.05) is 35.2 Å². The molecule has 1 aliphatic carbocycles. The third kappa shape index (κ3) is 6.05. The van der Waals surface area contributed by atoms with Crippen molar-refractivity contribution in [3.8, 4) is 5.75 Å². The van der Waals surface area contributed by atoms with Gasteiger partial charge in [-0.05, 0) is 37.1 Å². The smallest absolute Gasteiger partial charge is 0.344 e. The minimum atomic E-state index is -0.554. The van der Waals surface area contributed by atoms with E-state index in [0.717, 1.165) is 30.2 Å². The van der Waals surface area contributed by atoms with Gasteiger partial charge in [0.25, 0.3) is 5.91 Å². The monoisotopic (exact) mass is 369 g/mol. The fraction of sp³-hybridized carbons (Fsp3) is 0.500. The summed E-state index contributed by atoms with van der Waals surface area (Å²) in [6.07, 6.45) is 5.53. The summed E-state index contributed by atoms with van der Waals surface area (Å²) < 4.78 is 11.1. The molecule has 0 saturated heterocycles. The minimum Gasteiger partial charge on any atom is -0.482 e. The van der Waals surface area contributed by atoms with Crippen LogP contribution in [0.5, 0.6) is 5.75 Å². The molecule has 1 aliphatic rings. The van der Waals surface area contributed by atoms with Gasteiger partial charge in [-0.3, -0.25) is 4.79 Å². The lowest BCUT2D eigenvalue weighted by Crippen LogP contribution is -2.39. The van der Waals surface area contributed by atoms with E-state index in [9.17, 15) is 9.59 Å². The number of benzene rings is 1. The number of hydrogen-bond acceptors (Lipinski definition) is 4. The minimum absolute atomic E-state index is 0.210. The number of carbonyl (C=O) groups is 2. The van der Waals surface area contributed by atoms with E-state index >= 15 is 0 Å². The highest BCUT2D eigenvalue weighted by molar-refractivity contribution is 9.10. The van der Waals surface area contributed by atoms with Gasteiger partial charge in [0.05, 0.1) is 0 Å². The van der Waals surface area contributed by atoms with Crippen LogP contribution in [-0.4, -0.2) is 31.1 Å². The van der Waals surface area contributed by atoms with Crippen molar-refractivity contribution in [3.05, 3.63) is 28.7 Å². The van der Waals surface area contributed by atoms with Crippen molar-refractivity contribution in [2.24, 2.45) is 0 Å². The summed E-state index contributed by atoms with van der Waals surface area (Å²) in [5.41, 5.74) is 0. The number of amides is 1. The maximum absolute atomic E-state index is 11.7. The van der Waals surface area contributed by atoms with Gasteiger partial charge in [-0.15, -0.1) is 0 Å². The van der Waals surface area contributed by atoms with Crippen LogP contribution in [0.4, 0.5) is 0 Å². The molecular weight excluding hydrogens is 350 g/mol. The highest BCUT2D eigenvalue weighted by Gasteiger charge is 2.16. The van der Waals surface area contributed by atoms with Crippen molar-refractivity contribution in [1.82, 2.24) is 5.32 Å². The molecule has 22 heavy (non-hydrogen) atoms. The van der Waals surface area contributed by atoms with E-state index in [2.05, 4.69) is 21.2 Å². The van der Waals surface area contributed by atoms with Gasteiger partial charge < -0.3 is 14.8 Å². The summed E-state index contributed by atoms with van der Waals surface area (Å²) in [4.78, 5) is 23.2. The zero-order chi connectivity index (χ0) is 15.8. The van der Waals surface area contributed by atoms with Gasteiger partial charge in [0, 0.05) is 10.5 Å². The molecule has 0 aliphatic heterocycles. The SMILES string of the molecule is O=C(COC(=O)COc1ccc(Br)cc1)NC1CCCCC1. The molecule has 0 bridgehead atoms. The first-order valence-electron chi connectivity index (χ1n) is 7.47. The molecule has 1 fully saturated rings. The van der Waals surface area contributed by atoms with E-state index in [0.29, 0.717) is 5.75 Å². The first-order chi connectivity index (χ1) is 10.6. The molecule has 6 heteroatoms. The van der Waals surface area contributed by atoms with Gasteiger partial charge >= 0.3 is 5.97 Å². The molecule has 1 amide bonds. The number of carbonyl (C=O) groups excluding carboxylic acids is 2. The predicted molar refractivity (Wildman–Crippen MR) is 85.6 cm³/mol.